The van der Waals surface area contributed by atoms with Crippen LogP contribution in [0.3, 0.4) is 0 Å². The van der Waals surface area contributed by atoms with Crippen molar-refractivity contribution in [3.63, 3.8) is 0 Å². The Morgan fingerprint density at radius 3 is 2.40 bits per heavy atom. The predicted molar refractivity (Wildman–Crippen MR) is 166 cm³/mol. The number of fused-ring (bicyclic) bond motifs is 1. The quantitative estimate of drug-likeness (QED) is 0.167. The number of halogens is 3. The molecule has 5 aromatic rings. The van der Waals surface area contributed by atoms with Gasteiger partial charge in [-0.2, -0.15) is 8.75 Å². The molecule has 4 aromatic carbocycles. The van der Waals surface area contributed by atoms with E-state index in [0.29, 0.717) is 26.8 Å². The van der Waals surface area contributed by atoms with Crippen molar-refractivity contribution in [3.05, 3.63) is 111 Å². The Hall–Kier alpha value is -3.74. The Labute approximate surface area is 260 Å². The van der Waals surface area contributed by atoms with Gasteiger partial charge in [0.15, 0.2) is 0 Å². The Balaban J connectivity index is 1.45. The van der Waals surface area contributed by atoms with Gasteiger partial charge in [-0.3, -0.25) is 14.3 Å². The third-order valence-corrected chi connectivity index (χ3v) is 9.01. The maximum atomic E-state index is 13.6. The van der Waals surface area contributed by atoms with E-state index in [9.17, 15) is 18.0 Å². The van der Waals surface area contributed by atoms with Crippen LogP contribution >= 0.6 is 46.5 Å². The van der Waals surface area contributed by atoms with Crippen LogP contribution in [0.15, 0.2) is 89.8 Å². The van der Waals surface area contributed by atoms with Crippen LogP contribution in [-0.4, -0.2) is 35.0 Å². The normalized spacial score (nSPS) is 12.1. The molecule has 5 rings (SSSR count). The van der Waals surface area contributed by atoms with Crippen LogP contribution in [0.25, 0.3) is 11.0 Å². The number of nitrogens with zero attached hydrogens (tertiary/aromatic N) is 2. The monoisotopic (exact) mass is 659 g/mol. The zero-order valence-corrected chi connectivity index (χ0v) is 25.2. The van der Waals surface area contributed by atoms with Gasteiger partial charge in [-0.1, -0.05) is 65.1 Å². The molecule has 42 heavy (non-hydrogen) atoms. The minimum atomic E-state index is -4.22. The number of hydrogen-bond acceptors (Lipinski definition) is 7. The second kappa shape index (κ2) is 12.6. The van der Waals surface area contributed by atoms with Crippen LogP contribution in [0.4, 0.5) is 11.4 Å². The number of benzene rings is 4. The van der Waals surface area contributed by atoms with Gasteiger partial charge in [-0.15, -0.1) is 0 Å². The van der Waals surface area contributed by atoms with Crippen LogP contribution in [0, 0.1) is 0 Å². The molecule has 0 spiro atoms. The molecule has 0 aliphatic carbocycles. The summed E-state index contributed by atoms with van der Waals surface area (Å²) in [6, 6.07) is 21.3. The fourth-order valence-electron chi connectivity index (χ4n) is 4.10. The lowest BCUT2D eigenvalue weighted by molar-refractivity contribution is -0.118. The molecule has 1 heterocycles. The number of sulfonamides is 1. The van der Waals surface area contributed by atoms with E-state index in [1.54, 1.807) is 60.7 Å². The predicted octanol–water partition coefficient (Wildman–Crippen LogP) is 6.43. The zero-order chi connectivity index (χ0) is 29.9. The molecule has 214 valence electrons. The highest BCUT2D eigenvalue weighted by Crippen LogP contribution is 2.28. The van der Waals surface area contributed by atoms with Crippen LogP contribution < -0.4 is 15.4 Å². The van der Waals surface area contributed by atoms with Gasteiger partial charge in [-0.05, 0) is 60.2 Å². The SMILES string of the molecule is O=C(N[C@@H](Cc1ccc(Cl)c(Cl)c1)C(=O)Nc1ccccc1)c1ccc(Cl)cc1NS(=O)(=O)c1cccc2nsnc12. The summed E-state index contributed by atoms with van der Waals surface area (Å²) in [5.74, 6) is -1.22. The smallest absolute Gasteiger partial charge is 0.264 e. The van der Waals surface area contributed by atoms with E-state index in [1.807, 2.05) is 0 Å². The van der Waals surface area contributed by atoms with E-state index in [0.717, 1.165) is 11.7 Å². The highest BCUT2D eigenvalue weighted by Gasteiger charge is 2.26. The molecular weight excluding hydrogens is 641 g/mol. The Morgan fingerprint density at radius 2 is 1.64 bits per heavy atom. The van der Waals surface area contributed by atoms with Crippen LogP contribution in [0.5, 0.6) is 0 Å². The molecular formula is C28H20Cl3N5O4S2. The molecule has 0 unspecified atom stereocenters. The molecule has 0 saturated heterocycles. The van der Waals surface area contributed by atoms with E-state index in [-0.39, 0.29) is 33.1 Å². The number of nitrogens with one attached hydrogen (secondary N) is 3. The first-order valence-corrected chi connectivity index (χ1v) is 15.6. The summed E-state index contributed by atoms with van der Waals surface area (Å²) in [6.07, 6.45) is 0.0643. The average molecular weight is 661 g/mol. The van der Waals surface area contributed by atoms with Gasteiger partial charge in [0, 0.05) is 17.1 Å². The number of rotatable bonds is 9. The average Bonchev–Trinajstić information content (AvgIpc) is 3.44. The number of para-hydroxylation sites is 1. The number of aromatic nitrogens is 2. The van der Waals surface area contributed by atoms with Crippen molar-refractivity contribution in [2.45, 2.75) is 17.4 Å². The number of amides is 2. The van der Waals surface area contributed by atoms with Crippen LogP contribution in [-0.2, 0) is 21.2 Å². The molecule has 3 N–H and O–H groups in total. The fourth-order valence-corrected chi connectivity index (χ4v) is 6.43. The van der Waals surface area contributed by atoms with Crippen molar-refractivity contribution in [1.29, 1.82) is 0 Å². The first kappa shape index (κ1) is 29.7. The first-order chi connectivity index (χ1) is 20.1. The lowest BCUT2D eigenvalue weighted by atomic mass is 10.0. The van der Waals surface area contributed by atoms with Crippen molar-refractivity contribution in [3.8, 4) is 0 Å². The molecule has 0 aliphatic rings. The van der Waals surface area contributed by atoms with Crippen molar-refractivity contribution in [2.24, 2.45) is 0 Å². The van der Waals surface area contributed by atoms with Crippen LogP contribution in [0.2, 0.25) is 15.1 Å². The van der Waals surface area contributed by atoms with Gasteiger partial charge in [0.05, 0.1) is 33.0 Å². The van der Waals surface area contributed by atoms with Gasteiger partial charge in [0.25, 0.3) is 15.9 Å². The van der Waals surface area contributed by atoms with E-state index < -0.39 is 27.9 Å². The topological polar surface area (TPSA) is 130 Å². The van der Waals surface area contributed by atoms with Crippen molar-refractivity contribution in [1.82, 2.24) is 14.1 Å². The maximum Gasteiger partial charge on any atom is 0.264 e. The number of carbonyl (C=O) groups is 2. The summed E-state index contributed by atoms with van der Waals surface area (Å²) >= 11 is 19.3. The molecule has 0 aliphatic heterocycles. The number of carbonyl (C=O) groups excluding carboxylic acids is 2. The largest absolute Gasteiger partial charge is 0.340 e. The highest BCUT2D eigenvalue weighted by molar-refractivity contribution is 7.93. The lowest BCUT2D eigenvalue weighted by Crippen LogP contribution is -2.45. The van der Waals surface area contributed by atoms with Gasteiger partial charge in [0.1, 0.15) is 22.0 Å². The second-order valence-corrected chi connectivity index (χ2v) is 12.4. The lowest BCUT2D eigenvalue weighted by Gasteiger charge is -2.20. The van der Waals surface area contributed by atoms with Crippen molar-refractivity contribution >= 4 is 90.8 Å². The number of hydrogen-bond donors (Lipinski definition) is 3. The van der Waals surface area contributed by atoms with Crippen LogP contribution in [0.1, 0.15) is 15.9 Å². The van der Waals surface area contributed by atoms with E-state index in [2.05, 4.69) is 24.1 Å². The molecule has 14 heteroatoms. The fraction of sp³-hybridized carbons (Fsp3) is 0.0714. The summed E-state index contributed by atoms with van der Waals surface area (Å²) in [5, 5.41) is 6.33. The van der Waals surface area contributed by atoms with Crippen molar-refractivity contribution < 1.29 is 18.0 Å². The minimum absolute atomic E-state index is 0.0572. The van der Waals surface area contributed by atoms with Gasteiger partial charge < -0.3 is 10.6 Å². The Kier molecular flexibility index (Phi) is 8.95. The number of anilines is 2. The summed E-state index contributed by atoms with van der Waals surface area (Å²) in [5.41, 5.74) is 1.64. The standard InChI is InChI=1S/C28H20Cl3N5O4S2/c29-17-10-11-19(23(15-17)36-42(39,40)25-8-4-7-22-26(25)35-41-34-22)27(37)33-24(14-16-9-12-20(30)21(31)13-16)28(38)32-18-5-2-1-3-6-18/h1-13,15,24,36H,14H2,(H,32,38)(H,33,37)/t24-/m0/s1. The van der Waals surface area contributed by atoms with E-state index in [1.165, 1.54) is 24.3 Å². The van der Waals surface area contributed by atoms with Crippen molar-refractivity contribution in [2.75, 3.05) is 10.0 Å². The van der Waals surface area contributed by atoms with Gasteiger partial charge in [0.2, 0.25) is 5.91 Å². The third kappa shape index (κ3) is 6.83. The summed E-state index contributed by atoms with van der Waals surface area (Å²) in [4.78, 5) is 26.9. The van der Waals surface area contributed by atoms with E-state index in [4.69, 9.17) is 34.8 Å². The molecule has 1 atom stereocenters. The molecule has 0 saturated carbocycles. The molecule has 0 fully saturated rings. The first-order valence-electron chi connectivity index (χ1n) is 12.2. The van der Waals surface area contributed by atoms with Gasteiger partial charge >= 0.3 is 0 Å². The third-order valence-electron chi connectivity index (χ3n) is 6.10. The van der Waals surface area contributed by atoms with E-state index >= 15 is 0 Å². The summed E-state index contributed by atoms with van der Waals surface area (Å²) < 4.78 is 37.4. The zero-order valence-electron chi connectivity index (χ0n) is 21.3. The Bertz CT molecular complexity index is 1900. The summed E-state index contributed by atoms with van der Waals surface area (Å²) in [7, 11) is -4.22. The Morgan fingerprint density at radius 1 is 0.857 bits per heavy atom. The molecule has 1 aromatic heterocycles. The van der Waals surface area contributed by atoms with Gasteiger partial charge in [-0.25, -0.2) is 8.42 Å². The molecule has 0 bridgehead atoms. The highest BCUT2D eigenvalue weighted by atomic mass is 35.5. The molecule has 9 nitrogen and oxygen atoms in total. The second-order valence-electron chi connectivity index (χ2n) is 9.02. The minimum Gasteiger partial charge on any atom is -0.340 e. The maximum absolute atomic E-state index is 13.6. The molecule has 0 radical (unpaired) electrons. The molecule has 2 amide bonds. The summed E-state index contributed by atoms with van der Waals surface area (Å²) in [6.45, 7) is 0.